The highest BCUT2D eigenvalue weighted by molar-refractivity contribution is 8.00. The molecule has 0 aliphatic carbocycles. The molecule has 1 N–H and O–H groups in total. The quantitative estimate of drug-likeness (QED) is 0.477. The standard InChI is InChI=1S/C21H21NOS/c1-2-9-20(22-21(23)17-11-4-3-5-12-17)24-19-15-8-13-16-10-6-7-14-18(16)19/h3-8,10-15,20H,2,9H2,1H3,(H,22,23). The van der Waals surface area contributed by atoms with E-state index in [9.17, 15) is 4.79 Å². The van der Waals surface area contributed by atoms with E-state index in [1.54, 1.807) is 11.8 Å². The first kappa shape index (κ1) is 16.6. The Morgan fingerprint density at radius 2 is 1.67 bits per heavy atom. The summed E-state index contributed by atoms with van der Waals surface area (Å²) in [7, 11) is 0. The van der Waals surface area contributed by atoms with Crippen molar-refractivity contribution in [3.8, 4) is 0 Å². The number of fused-ring (bicyclic) bond motifs is 1. The minimum atomic E-state index is -0.0122. The fourth-order valence-electron chi connectivity index (χ4n) is 2.69. The second-order valence-corrected chi connectivity index (χ2v) is 6.96. The van der Waals surface area contributed by atoms with E-state index < -0.39 is 0 Å². The summed E-state index contributed by atoms with van der Waals surface area (Å²) in [6, 6.07) is 24.1. The van der Waals surface area contributed by atoms with E-state index in [1.165, 1.54) is 15.7 Å². The van der Waals surface area contributed by atoms with Gasteiger partial charge in [-0.15, -0.1) is 11.8 Å². The lowest BCUT2D eigenvalue weighted by Crippen LogP contribution is -2.32. The number of carbonyl (C=O) groups excluding carboxylic acids is 1. The van der Waals surface area contributed by atoms with Gasteiger partial charge >= 0.3 is 0 Å². The third-order valence-electron chi connectivity index (χ3n) is 3.90. The Kier molecular flexibility index (Phi) is 5.55. The molecule has 24 heavy (non-hydrogen) atoms. The van der Waals surface area contributed by atoms with Crippen LogP contribution in [-0.2, 0) is 0 Å². The summed E-state index contributed by atoms with van der Waals surface area (Å²) in [6.45, 7) is 2.14. The maximum absolute atomic E-state index is 12.5. The molecule has 1 atom stereocenters. The lowest BCUT2D eigenvalue weighted by atomic mass is 10.1. The minimum absolute atomic E-state index is 0.0122. The van der Waals surface area contributed by atoms with E-state index in [0.29, 0.717) is 5.56 Å². The van der Waals surface area contributed by atoms with Crippen LogP contribution in [0.5, 0.6) is 0 Å². The molecule has 3 aromatic rings. The first-order valence-electron chi connectivity index (χ1n) is 8.28. The number of amides is 1. The molecule has 0 radical (unpaired) electrons. The summed E-state index contributed by atoms with van der Waals surface area (Å²) in [5.74, 6) is -0.0122. The topological polar surface area (TPSA) is 29.1 Å². The van der Waals surface area contributed by atoms with Gasteiger partial charge in [-0.2, -0.15) is 0 Å². The second kappa shape index (κ2) is 8.02. The van der Waals surface area contributed by atoms with Gasteiger partial charge in [-0.3, -0.25) is 4.79 Å². The minimum Gasteiger partial charge on any atom is -0.340 e. The van der Waals surface area contributed by atoms with E-state index in [4.69, 9.17) is 0 Å². The molecule has 3 aromatic carbocycles. The van der Waals surface area contributed by atoms with Crippen molar-refractivity contribution >= 4 is 28.4 Å². The van der Waals surface area contributed by atoms with Crippen LogP contribution < -0.4 is 5.32 Å². The molecule has 0 bridgehead atoms. The van der Waals surface area contributed by atoms with Crippen LogP contribution in [-0.4, -0.2) is 11.3 Å². The molecular formula is C21H21NOS. The Labute approximate surface area is 147 Å². The van der Waals surface area contributed by atoms with Crippen LogP contribution in [0.15, 0.2) is 77.7 Å². The lowest BCUT2D eigenvalue weighted by molar-refractivity contribution is 0.0948. The molecule has 0 aromatic heterocycles. The fourth-order valence-corrected chi connectivity index (χ4v) is 3.99. The number of nitrogens with one attached hydrogen (secondary N) is 1. The molecule has 3 heteroatoms. The van der Waals surface area contributed by atoms with Gasteiger partial charge in [-0.1, -0.05) is 67.9 Å². The Bertz CT molecular complexity index is 811. The molecule has 1 unspecified atom stereocenters. The monoisotopic (exact) mass is 335 g/mol. The zero-order valence-corrected chi connectivity index (χ0v) is 14.6. The maximum atomic E-state index is 12.5. The molecule has 0 spiro atoms. The second-order valence-electron chi connectivity index (χ2n) is 5.71. The van der Waals surface area contributed by atoms with E-state index in [-0.39, 0.29) is 11.3 Å². The zero-order chi connectivity index (χ0) is 16.8. The van der Waals surface area contributed by atoms with Crippen LogP contribution in [0.1, 0.15) is 30.1 Å². The summed E-state index contributed by atoms with van der Waals surface area (Å²) in [5, 5.41) is 5.70. The maximum Gasteiger partial charge on any atom is 0.252 e. The van der Waals surface area contributed by atoms with Gasteiger partial charge in [0.25, 0.3) is 5.91 Å². The van der Waals surface area contributed by atoms with Crippen molar-refractivity contribution in [3.63, 3.8) is 0 Å². The first-order valence-corrected chi connectivity index (χ1v) is 9.16. The number of hydrogen-bond donors (Lipinski definition) is 1. The molecule has 3 rings (SSSR count). The smallest absolute Gasteiger partial charge is 0.252 e. The summed E-state index contributed by atoms with van der Waals surface area (Å²) in [6.07, 6.45) is 1.96. The van der Waals surface area contributed by atoms with E-state index >= 15 is 0 Å². The van der Waals surface area contributed by atoms with Crippen molar-refractivity contribution in [2.24, 2.45) is 0 Å². The molecule has 0 aliphatic heterocycles. The van der Waals surface area contributed by atoms with Crippen molar-refractivity contribution in [2.45, 2.75) is 30.0 Å². The van der Waals surface area contributed by atoms with Gasteiger partial charge < -0.3 is 5.32 Å². The predicted octanol–water partition coefficient (Wildman–Crippen LogP) is 5.49. The number of hydrogen-bond acceptors (Lipinski definition) is 2. The molecule has 0 heterocycles. The summed E-state index contributed by atoms with van der Waals surface area (Å²) >= 11 is 1.73. The SMILES string of the molecule is CCCC(NC(=O)c1ccccc1)Sc1cccc2ccccc12. The summed E-state index contributed by atoms with van der Waals surface area (Å²) in [5.41, 5.74) is 0.706. The van der Waals surface area contributed by atoms with Gasteiger partial charge in [0.1, 0.15) is 0 Å². The molecule has 1 amide bonds. The molecule has 0 saturated heterocycles. The zero-order valence-electron chi connectivity index (χ0n) is 13.7. The predicted molar refractivity (Wildman–Crippen MR) is 102 cm³/mol. The van der Waals surface area contributed by atoms with Crippen LogP contribution in [0.3, 0.4) is 0 Å². The van der Waals surface area contributed by atoms with E-state index in [0.717, 1.165) is 12.8 Å². The third-order valence-corrected chi connectivity index (χ3v) is 5.15. The van der Waals surface area contributed by atoms with Gasteiger partial charge in [-0.25, -0.2) is 0 Å². The summed E-state index contributed by atoms with van der Waals surface area (Å²) < 4.78 is 0. The molecular weight excluding hydrogens is 314 g/mol. The van der Waals surface area contributed by atoms with Crippen LogP contribution in [0, 0.1) is 0 Å². The Morgan fingerprint density at radius 3 is 2.46 bits per heavy atom. The Morgan fingerprint density at radius 1 is 0.958 bits per heavy atom. The number of carbonyl (C=O) groups is 1. The van der Waals surface area contributed by atoms with Crippen LogP contribution >= 0.6 is 11.8 Å². The van der Waals surface area contributed by atoms with Crippen molar-refractivity contribution in [3.05, 3.63) is 78.4 Å². The fraction of sp³-hybridized carbons (Fsp3) is 0.190. The Balaban J connectivity index is 1.79. The summed E-state index contributed by atoms with van der Waals surface area (Å²) in [4.78, 5) is 13.7. The van der Waals surface area contributed by atoms with Gasteiger partial charge in [0.2, 0.25) is 0 Å². The van der Waals surface area contributed by atoms with E-state index in [1.807, 2.05) is 30.3 Å². The van der Waals surface area contributed by atoms with Crippen molar-refractivity contribution < 1.29 is 4.79 Å². The molecule has 0 saturated carbocycles. The van der Waals surface area contributed by atoms with Crippen molar-refractivity contribution in [1.29, 1.82) is 0 Å². The molecule has 0 fully saturated rings. The number of rotatable bonds is 6. The first-order chi connectivity index (χ1) is 11.8. The van der Waals surface area contributed by atoms with Crippen molar-refractivity contribution in [2.75, 3.05) is 0 Å². The van der Waals surface area contributed by atoms with Gasteiger partial charge in [0.05, 0.1) is 5.37 Å². The van der Waals surface area contributed by atoms with Crippen molar-refractivity contribution in [1.82, 2.24) is 5.32 Å². The van der Waals surface area contributed by atoms with Gasteiger partial charge in [0.15, 0.2) is 0 Å². The normalized spacial score (nSPS) is 12.0. The highest BCUT2D eigenvalue weighted by Crippen LogP contribution is 2.31. The highest BCUT2D eigenvalue weighted by Gasteiger charge is 2.15. The van der Waals surface area contributed by atoms with Crippen LogP contribution in [0.4, 0.5) is 0 Å². The average molecular weight is 335 g/mol. The number of benzene rings is 3. The van der Waals surface area contributed by atoms with Gasteiger partial charge in [-0.05, 0) is 35.4 Å². The number of thioether (sulfide) groups is 1. The molecule has 0 aliphatic rings. The van der Waals surface area contributed by atoms with Gasteiger partial charge in [0, 0.05) is 10.5 Å². The van der Waals surface area contributed by atoms with Crippen LogP contribution in [0.25, 0.3) is 10.8 Å². The molecule has 122 valence electrons. The van der Waals surface area contributed by atoms with Crippen LogP contribution in [0.2, 0.25) is 0 Å². The molecule has 2 nitrogen and oxygen atoms in total. The third kappa shape index (κ3) is 3.98. The highest BCUT2D eigenvalue weighted by atomic mass is 32.2. The van der Waals surface area contributed by atoms with E-state index in [2.05, 4.69) is 54.7 Å². The lowest BCUT2D eigenvalue weighted by Gasteiger charge is -2.19. The Hall–Kier alpha value is -2.26. The largest absolute Gasteiger partial charge is 0.340 e. The average Bonchev–Trinajstić information content (AvgIpc) is 2.63.